The lowest BCUT2D eigenvalue weighted by atomic mass is 9.71. The Morgan fingerprint density at radius 3 is 2.44 bits per heavy atom. The van der Waals surface area contributed by atoms with Gasteiger partial charge in [-0.15, -0.1) is 11.6 Å². The van der Waals surface area contributed by atoms with Crippen molar-refractivity contribution in [1.29, 1.82) is 0 Å². The van der Waals surface area contributed by atoms with Crippen molar-refractivity contribution >= 4 is 23.3 Å². The SMILES string of the molecule is C=CC(=O)C1CCC(CCCCC(CCCCCc2ccccc2)CC(N)=O)[C@@H](C)[C@@H]1Cl. The molecule has 0 aliphatic heterocycles. The molecule has 0 bridgehead atoms. The molecule has 3 unspecified atom stereocenters. The lowest BCUT2D eigenvalue weighted by Crippen LogP contribution is -2.37. The summed E-state index contributed by atoms with van der Waals surface area (Å²) in [6.07, 6.45) is 14.2. The number of hydrogen-bond acceptors (Lipinski definition) is 2. The van der Waals surface area contributed by atoms with Crippen LogP contribution < -0.4 is 5.73 Å². The minimum atomic E-state index is -0.178. The summed E-state index contributed by atoms with van der Waals surface area (Å²) in [5.74, 6) is 1.19. The summed E-state index contributed by atoms with van der Waals surface area (Å²) in [7, 11) is 0. The van der Waals surface area contributed by atoms with E-state index in [1.807, 2.05) is 0 Å². The van der Waals surface area contributed by atoms with Gasteiger partial charge in [0.2, 0.25) is 5.91 Å². The van der Waals surface area contributed by atoms with E-state index in [4.69, 9.17) is 17.3 Å². The molecule has 3 nitrogen and oxygen atoms in total. The molecule has 1 aliphatic carbocycles. The Labute approximate surface area is 200 Å². The fourth-order valence-corrected chi connectivity index (χ4v) is 5.81. The van der Waals surface area contributed by atoms with Crippen molar-refractivity contribution in [3.8, 4) is 0 Å². The number of rotatable bonds is 15. The predicted molar refractivity (Wildman–Crippen MR) is 135 cm³/mol. The first kappa shape index (κ1) is 26.6. The van der Waals surface area contributed by atoms with Crippen molar-refractivity contribution in [3.05, 3.63) is 48.6 Å². The van der Waals surface area contributed by atoms with E-state index < -0.39 is 0 Å². The maximum Gasteiger partial charge on any atom is 0.217 e. The molecular weight excluding hydrogens is 418 g/mol. The van der Waals surface area contributed by atoms with Gasteiger partial charge in [0.05, 0.1) is 0 Å². The quantitative estimate of drug-likeness (QED) is 0.177. The van der Waals surface area contributed by atoms with Crippen LogP contribution in [0.4, 0.5) is 0 Å². The summed E-state index contributed by atoms with van der Waals surface area (Å²) in [6, 6.07) is 10.6. The normalized spacial score (nSPS) is 24.1. The largest absolute Gasteiger partial charge is 0.370 e. The fourth-order valence-electron chi connectivity index (χ4n) is 5.36. The van der Waals surface area contributed by atoms with E-state index in [1.54, 1.807) is 0 Å². The summed E-state index contributed by atoms with van der Waals surface area (Å²) < 4.78 is 0. The van der Waals surface area contributed by atoms with Crippen LogP contribution in [0.5, 0.6) is 0 Å². The molecule has 1 fully saturated rings. The van der Waals surface area contributed by atoms with Crippen molar-refractivity contribution in [2.24, 2.45) is 29.4 Å². The van der Waals surface area contributed by atoms with E-state index in [1.165, 1.54) is 24.5 Å². The number of aryl methyl sites for hydroxylation is 1. The highest BCUT2D eigenvalue weighted by Crippen LogP contribution is 2.40. The average molecular weight is 460 g/mol. The van der Waals surface area contributed by atoms with Crippen LogP contribution in [0.3, 0.4) is 0 Å². The Morgan fingerprint density at radius 1 is 1.09 bits per heavy atom. The zero-order chi connectivity index (χ0) is 23.3. The Morgan fingerprint density at radius 2 is 1.78 bits per heavy atom. The molecule has 1 aliphatic rings. The Kier molecular flexibility index (Phi) is 12.1. The van der Waals surface area contributed by atoms with Crippen LogP contribution in [-0.2, 0) is 16.0 Å². The summed E-state index contributed by atoms with van der Waals surface area (Å²) in [6.45, 7) is 5.81. The van der Waals surface area contributed by atoms with Crippen LogP contribution in [0.2, 0.25) is 0 Å². The lowest BCUT2D eigenvalue weighted by molar-refractivity contribution is -0.120. The minimum Gasteiger partial charge on any atom is -0.370 e. The minimum absolute atomic E-state index is 0.0674. The lowest BCUT2D eigenvalue weighted by Gasteiger charge is -2.37. The number of halogens is 1. The molecule has 0 aromatic heterocycles. The van der Waals surface area contributed by atoms with Crippen LogP contribution in [0.25, 0.3) is 0 Å². The highest BCUT2D eigenvalue weighted by atomic mass is 35.5. The van der Waals surface area contributed by atoms with E-state index in [-0.39, 0.29) is 23.0 Å². The molecule has 2 rings (SSSR count). The third-order valence-corrected chi connectivity index (χ3v) is 8.09. The summed E-state index contributed by atoms with van der Waals surface area (Å²) in [5, 5.41) is -0.0854. The number of amides is 1. The van der Waals surface area contributed by atoms with Crippen molar-refractivity contribution in [2.75, 3.05) is 0 Å². The van der Waals surface area contributed by atoms with Gasteiger partial charge in [-0.2, -0.15) is 0 Å². The second-order valence-electron chi connectivity index (χ2n) is 9.76. The first-order chi connectivity index (χ1) is 15.4. The number of allylic oxidation sites excluding steroid dienone is 1. The number of ketones is 1. The predicted octanol–water partition coefficient (Wildman–Crippen LogP) is 6.87. The highest BCUT2D eigenvalue weighted by Gasteiger charge is 2.37. The van der Waals surface area contributed by atoms with E-state index in [0.717, 1.165) is 57.8 Å². The van der Waals surface area contributed by atoms with E-state index >= 15 is 0 Å². The van der Waals surface area contributed by atoms with E-state index in [0.29, 0.717) is 24.2 Å². The Balaban J connectivity index is 1.65. The number of alkyl halides is 1. The molecule has 1 amide bonds. The molecule has 5 atom stereocenters. The molecule has 1 aromatic rings. The molecule has 0 saturated heterocycles. The number of nitrogens with two attached hydrogens (primary N) is 1. The number of carbonyl (C=O) groups excluding carboxylic acids is 2. The zero-order valence-corrected chi connectivity index (χ0v) is 20.6. The van der Waals surface area contributed by atoms with E-state index in [2.05, 4.69) is 43.8 Å². The average Bonchev–Trinajstić information content (AvgIpc) is 2.78. The smallest absolute Gasteiger partial charge is 0.217 e. The van der Waals surface area contributed by atoms with Gasteiger partial charge in [0, 0.05) is 17.7 Å². The Bertz CT molecular complexity index is 705. The van der Waals surface area contributed by atoms with Crippen molar-refractivity contribution < 1.29 is 9.59 Å². The van der Waals surface area contributed by atoms with E-state index in [9.17, 15) is 9.59 Å². The second-order valence-corrected chi connectivity index (χ2v) is 10.3. The Hall–Kier alpha value is -1.61. The summed E-state index contributed by atoms with van der Waals surface area (Å²) in [4.78, 5) is 23.5. The second kappa shape index (κ2) is 14.5. The van der Waals surface area contributed by atoms with Gasteiger partial charge in [-0.3, -0.25) is 9.59 Å². The van der Waals surface area contributed by atoms with Gasteiger partial charge < -0.3 is 5.73 Å². The summed E-state index contributed by atoms with van der Waals surface area (Å²) in [5.41, 5.74) is 6.92. The van der Waals surface area contributed by atoms with Crippen LogP contribution in [-0.4, -0.2) is 17.1 Å². The van der Waals surface area contributed by atoms with Gasteiger partial charge in [0.1, 0.15) is 0 Å². The molecule has 0 spiro atoms. The fraction of sp³-hybridized carbons (Fsp3) is 0.643. The molecule has 32 heavy (non-hydrogen) atoms. The third kappa shape index (κ3) is 9.10. The first-order valence-corrected chi connectivity index (χ1v) is 13.0. The molecule has 0 radical (unpaired) electrons. The number of primary amides is 1. The van der Waals surface area contributed by atoms with Crippen molar-refractivity contribution in [3.63, 3.8) is 0 Å². The molecule has 4 heteroatoms. The highest BCUT2D eigenvalue weighted by molar-refractivity contribution is 6.22. The van der Waals surface area contributed by atoms with Crippen molar-refractivity contribution in [1.82, 2.24) is 0 Å². The molecule has 1 aromatic carbocycles. The van der Waals surface area contributed by atoms with Gasteiger partial charge in [0.25, 0.3) is 0 Å². The van der Waals surface area contributed by atoms with Gasteiger partial charge in [-0.25, -0.2) is 0 Å². The van der Waals surface area contributed by atoms with Crippen LogP contribution in [0, 0.1) is 23.7 Å². The van der Waals surface area contributed by atoms with Gasteiger partial charge in [-0.1, -0.05) is 75.9 Å². The van der Waals surface area contributed by atoms with Crippen LogP contribution in [0.1, 0.15) is 83.1 Å². The van der Waals surface area contributed by atoms with Gasteiger partial charge in [-0.05, 0) is 67.9 Å². The number of unbranched alkanes of at least 4 members (excludes halogenated alkanes) is 3. The summed E-state index contributed by atoms with van der Waals surface area (Å²) >= 11 is 6.62. The van der Waals surface area contributed by atoms with Crippen LogP contribution >= 0.6 is 11.6 Å². The maximum absolute atomic E-state index is 12.0. The monoisotopic (exact) mass is 459 g/mol. The number of hydrogen-bond donors (Lipinski definition) is 1. The van der Waals surface area contributed by atoms with Crippen LogP contribution in [0.15, 0.2) is 43.0 Å². The third-order valence-electron chi connectivity index (χ3n) is 7.39. The topological polar surface area (TPSA) is 60.2 Å². The van der Waals surface area contributed by atoms with Gasteiger partial charge >= 0.3 is 0 Å². The molecular formula is C28H42ClNO2. The molecule has 178 valence electrons. The standard InChI is InChI=1S/C28H42ClNO2/c1-3-26(31)25-19-18-24(21(2)28(25)29)17-11-10-16-23(20-27(30)32)15-9-5-8-14-22-12-6-4-7-13-22/h3-4,6-7,12-13,21,23-25,28H,1,5,8-11,14-20H2,2H3,(H2,30,32)/t21-,23?,24?,25?,28+/m1/s1. The molecule has 0 heterocycles. The molecule has 1 saturated carbocycles. The van der Waals surface area contributed by atoms with Gasteiger partial charge in [0.15, 0.2) is 5.78 Å². The maximum atomic E-state index is 12.0. The van der Waals surface area contributed by atoms with Crippen molar-refractivity contribution in [2.45, 2.75) is 89.4 Å². The number of benzene rings is 1. The molecule has 2 N–H and O–H groups in total. The number of carbonyl (C=O) groups is 2. The zero-order valence-electron chi connectivity index (χ0n) is 19.8. The first-order valence-electron chi connectivity index (χ1n) is 12.5.